The van der Waals surface area contributed by atoms with Gasteiger partial charge in [0.2, 0.25) is 10.0 Å². The third kappa shape index (κ3) is 1.85. The molecule has 1 aromatic heterocycles. The van der Waals surface area contributed by atoms with Crippen molar-refractivity contribution >= 4 is 27.3 Å². The molecular formula is C9H12N2O3S2. The molecule has 0 atom stereocenters. The zero-order chi connectivity index (χ0) is 11.9. The summed E-state index contributed by atoms with van der Waals surface area (Å²) >= 11 is 1.16. The SMILES string of the molecule is NC(=O)c1sc2c(c1S(N)(=O)=O)CCCC2. The van der Waals surface area contributed by atoms with E-state index in [0.717, 1.165) is 35.5 Å². The number of carbonyl (C=O) groups excluding carboxylic acids is 1. The smallest absolute Gasteiger partial charge is 0.260 e. The van der Waals surface area contributed by atoms with Gasteiger partial charge in [-0.1, -0.05) is 0 Å². The molecule has 0 radical (unpaired) electrons. The van der Waals surface area contributed by atoms with E-state index in [4.69, 9.17) is 10.9 Å². The Labute approximate surface area is 97.5 Å². The van der Waals surface area contributed by atoms with Crippen molar-refractivity contribution in [3.05, 3.63) is 15.3 Å². The molecule has 0 spiro atoms. The maximum Gasteiger partial charge on any atom is 0.260 e. The lowest BCUT2D eigenvalue weighted by molar-refractivity contribution is 0.100. The molecule has 16 heavy (non-hydrogen) atoms. The van der Waals surface area contributed by atoms with Crippen LogP contribution in [0.5, 0.6) is 0 Å². The summed E-state index contributed by atoms with van der Waals surface area (Å²) < 4.78 is 22.9. The van der Waals surface area contributed by atoms with Gasteiger partial charge in [-0.3, -0.25) is 4.79 Å². The van der Waals surface area contributed by atoms with Crippen molar-refractivity contribution in [1.29, 1.82) is 0 Å². The first kappa shape index (κ1) is 11.6. The van der Waals surface area contributed by atoms with E-state index in [1.807, 2.05) is 0 Å². The topological polar surface area (TPSA) is 103 Å². The van der Waals surface area contributed by atoms with Gasteiger partial charge in [0.25, 0.3) is 5.91 Å². The Morgan fingerprint density at radius 1 is 1.25 bits per heavy atom. The number of rotatable bonds is 2. The summed E-state index contributed by atoms with van der Waals surface area (Å²) in [5.41, 5.74) is 5.88. The monoisotopic (exact) mass is 260 g/mol. The van der Waals surface area contributed by atoms with Crippen LogP contribution in [0.4, 0.5) is 0 Å². The number of sulfonamides is 1. The first-order valence-corrected chi connectivity index (χ1v) is 7.24. The molecule has 0 bridgehead atoms. The van der Waals surface area contributed by atoms with E-state index in [1.54, 1.807) is 0 Å². The minimum absolute atomic E-state index is 0.0419. The zero-order valence-electron chi connectivity index (χ0n) is 8.52. The van der Waals surface area contributed by atoms with Gasteiger partial charge in [-0.05, 0) is 31.2 Å². The highest BCUT2D eigenvalue weighted by atomic mass is 32.2. The second kappa shape index (κ2) is 3.83. The predicted molar refractivity (Wildman–Crippen MR) is 60.9 cm³/mol. The molecule has 4 N–H and O–H groups in total. The molecule has 0 saturated carbocycles. The Bertz CT molecular complexity index is 545. The molecule has 1 heterocycles. The van der Waals surface area contributed by atoms with Crippen LogP contribution in [0.2, 0.25) is 0 Å². The van der Waals surface area contributed by atoms with Crippen molar-refractivity contribution < 1.29 is 13.2 Å². The van der Waals surface area contributed by atoms with Crippen LogP contribution in [-0.4, -0.2) is 14.3 Å². The summed E-state index contributed by atoms with van der Waals surface area (Å²) in [6, 6.07) is 0. The molecule has 1 aliphatic carbocycles. The highest BCUT2D eigenvalue weighted by Gasteiger charge is 2.29. The van der Waals surface area contributed by atoms with Crippen LogP contribution in [-0.2, 0) is 22.9 Å². The van der Waals surface area contributed by atoms with Gasteiger partial charge in [-0.2, -0.15) is 0 Å². The summed E-state index contributed by atoms with van der Waals surface area (Å²) in [5.74, 6) is -0.719. The molecule has 1 aromatic rings. The summed E-state index contributed by atoms with van der Waals surface area (Å²) in [7, 11) is -3.87. The molecule has 7 heteroatoms. The molecule has 0 aliphatic heterocycles. The standard InChI is InChI=1S/C9H12N2O3S2/c10-9(12)7-8(16(11,13)14)5-3-1-2-4-6(5)15-7/h1-4H2,(H2,10,12)(H2,11,13,14). The van der Waals surface area contributed by atoms with Gasteiger partial charge >= 0.3 is 0 Å². The summed E-state index contributed by atoms with van der Waals surface area (Å²) in [4.78, 5) is 12.2. The van der Waals surface area contributed by atoms with Gasteiger partial charge in [-0.25, -0.2) is 13.6 Å². The quantitative estimate of drug-likeness (QED) is 0.803. The first-order chi connectivity index (χ1) is 7.41. The fourth-order valence-electron chi connectivity index (χ4n) is 2.00. The van der Waals surface area contributed by atoms with E-state index in [-0.39, 0.29) is 9.77 Å². The molecule has 5 nitrogen and oxygen atoms in total. The van der Waals surface area contributed by atoms with E-state index in [0.29, 0.717) is 12.0 Å². The maximum atomic E-state index is 11.5. The van der Waals surface area contributed by atoms with Gasteiger partial charge in [0.1, 0.15) is 9.77 Å². The number of amides is 1. The fraction of sp³-hybridized carbons (Fsp3) is 0.444. The van der Waals surface area contributed by atoms with Crippen LogP contribution >= 0.6 is 11.3 Å². The average molecular weight is 260 g/mol. The number of primary sulfonamides is 1. The highest BCUT2D eigenvalue weighted by Crippen LogP contribution is 2.36. The summed E-state index contributed by atoms with van der Waals surface area (Å²) in [6.07, 6.45) is 3.39. The van der Waals surface area contributed by atoms with Gasteiger partial charge < -0.3 is 5.73 Å². The Hall–Kier alpha value is -0.920. The second-order valence-electron chi connectivity index (χ2n) is 3.78. The van der Waals surface area contributed by atoms with Crippen LogP contribution in [0, 0.1) is 0 Å². The number of carbonyl (C=O) groups is 1. The average Bonchev–Trinajstić information content (AvgIpc) is 2.55. The molecule has 1 aliphatic rings. The van der Waals surface area contributed by atoms with Gasteiger partial charge in [0.15, 0.2) is 0 Å². The largest absolute Gasteiger partial charge is 0.365 e. The maximum absolute atomic E-state index is 11.5. The number of nitrogens with two attached hydrogens (primary N) is 2. The second-order valence-corrected chi connectivity index (χ2v) is 6.38. The number of aryl methyl sites for hydroxylation is 1. The molecular weight excluding hydrogens is 248 g/mol. The van der Waals surface area contributed by atoms with Crippen LogP contribution in [0.3, 0.4) is 0 Å². The number of hydrogen-bond donors (Lipinski definition) is 2. The van der Waals surface area contributed by atoms with Crippen LogP contribution in [0.15, 0.2) is 4.90 Å². The lowest BCUT2D eigenvalue weighted by Crippen LogP contribution is -2.20. The number of primary amides is 1. The van der Waals surface area contributed by atoms with Crippen molar-refractivity contribution in [1.82, 2.24) is 0 Å². The van der Waals surface area contributed by atoms with E-state index >= 15 is 0 Å². The number of fused-ring (bicyclic) bond motifs is 1. The molecule has 2 rings (SSSR count). The highest BCUT2D eigenvalue weighted by molar-refractivity contribution is 7.89. The third-order valence-electron chi connectivity index (χ3n) is 2.63. The Balaban J connectivity index is 2.72. The van der Waals surface area contributed by atoms with Crippen molar-refractivity contribution in [3.63, 3.8) is 0 Å². The Kier molecular flexibility index (Phi) is 2.77. The fourth-order valence-corrected chi connectivity index (χ4v) is 4.60. The predicted octanol–water partition coefficient (Wildman–Crippen LogP) is 0.373. The Morgan fingerprint density at radius 3 is 2.44 bits per heavy atom. The van der Waals surface area contributed by atoms with Crippen LogP contribution in [0.1, 0.15) is 33.0 Å². The minimum atomic E-state index is -3.87. The van der Waals surface area contributed by atoms with Gasteiger partial charge in [-0.15, -0.1) is 11.3 Å². The zero-order valence-corrected chi connectivity index (χ0v) is 10.2. The molecule has 0 fully saturated rings. The normalized spacial score (nSPS) is 15.8. The van der Waals surface area contributed by atoms with Crippen molar-refractivity contribution in [2.75, 3.05) is 0 Å². The Morgan fingerprint density at radius 2 is 1.88 bits per heavy atom. The number of hydrogen-bond acceptors (Lipinski definition) is 4. The van der Waals surface area contributed by atoms with Gasteiger partial charge in [0, 0.05) is 4.88 Å². The first-order valence-electron chi connectivity index (χ1n) is 4.88. The van der Waals surface area contributed by atoms with E-state index < -0.39 is 15.9 Å². The van der Waals surface area contributed by atoms with E-state index in [2.05, 4.69) is 0 Å². The lowest BCUT2D eigenvalue weighted by Gasteiger charge is -2.11. The molecule has 0 saturated heterocycles. The lowest BCUT2D eigenvalue weighted by atomic mass is 9.99. The molecule has 0 aromatic carbocycles. The summed E-state index contributed by atoms with van der Waals surface area (Å²) in [5, 5.41) is 5.14. The van der Waals surface area contributed by atoms with Crippen molar-refractivity contribution in [2.24, 2.45) is 10.9 Å². The number of thiophene rings is 1. The van der Waals surface area contributed by atoms with Crippen LogP contribution < -0.4 is 10.9 Å². The molecule has 1 amide bonds. The van der Waals surface area contributed by atoms with Crippen molar-refractivity contribution in [3.8, 4) is 0 Å². The molecule has 0 unspecified atom stereocenters. The van der Waals surface area contributed by atoms with E-state index in [1.165, 1.54) is 0 Å². The van der Waals surface area contributed by atoms with Gasteiger partial charge in [0.05, 0.1) is 0 Å². The van der Waals surface area contributed by atoms with Crippen molar-refractivity contribution in [2.45, 2.75) is 30.6 Å². The summed E-state index contributed by atoms with van der Waals surface area (Å²) in [6.45, 7) is 0. The van der Waals surface area contributed by atoms with Crippen LogP contribution in [0.25, 0.3) is 0 Å². The minimum Gasteiger partial charge on any atom is -0.365 e. The third-order valence-corrected chi connectivity index (χ3v) is 5.09. The van der Waals surface area contributed by atoms with E-state index in [9.17, 15) is 13.2 Å². The molecule has 88 valence electrons.